The first kappa shape index (κ1) is 15.0. The Morgan fingerprint density at radius 3 is 2.56 bits per heavy atom. The van der Waals surface area contributed by atoms with E-state index in [9.17, 15) is 4.39 Å². The molecule has 102 valence electrons. The number of hydrogen-bond donors (Lipinski definition) is 1. The van der Waals surface area contributed by atoms with E-state index in [4.69, 9.17) is 4.74 Å². The smallest absolute Gasteiger partial charge is 0.131 e. The van der Waals surface area contributed by atoms with Gasteiger partial charge in [0, 0.05) is 11.6 Å². The summed E-state index contributed by atoms with van der Waals surface area (Å²) in [5.41, 5.74) is 0.655. The topological polar surface area (TPSA) is 21.3 Å². The van der Waals surface area contributed by atoms with Crippen molar-refractivity contribution in [2.24, 2.45) is 5.92 Å². The van der Waals surface area contributed by atoms with Gasteiger partial charge in [0.1, 0.15) is 11.6 Å². The molecule has 0 fully saturated rings. The lowest BCUT2D eigenvalue weighted by atomic mass is 9.96. The van der Waals surface area contributed by atoms with Crippen LogP contribution in [0.25, 0.3) is 0 Å². The fraction of sp³-hybridized carbons (Fsp3) is 0.600. The van der Waals surface area contributed by atoms with E-state index in [1.165, 1.54) is 6.07 Å². The van der Waals surface area contributed by atoms with Crippen LogP contribution in [0, 0.1) is 11.7 Å². The van der Waals surface area contributed by atoms with E-state index in [-0.39, 0.29) is 11.9 Å². The van der Waals surface area contributed by atoms with Crippen molar-refractivity contribution in [3.8, 4) is 5.75 Å². The minimum atomic E-state index is -0.191. The van der Waals surface area contributed by atoms with E-state index in [0.29, 0.717) is 17.2 Å². The molecule has 1 atom stereocenters. The lowest BCUT2D eigenvalue weighted by Gasteiger charge is -2.22. The molecule has 0 aliphatic carbocycles. The van der Waals surface area contributed by atoms with E-state index in [1.807, 2.05) is 13.0 Å². The highest BCUT2D eigenvalue weighted by Crippen LogP contribution is 2.31. The van der Waals surface area contributed by atoms with Gasteiger partial charge in [0.2, 0.25) is 0 Å². The second-order valence-electron chi connectivity index (χ2n) is 4.94. The van der Waals surface area contributed by atoms with Crippen molar-refractivity contribution in [3.63, 3.8) is 0 Å². The molecule has 0 saturated carbocycles. The molecule has 2 nitrogen and oxygen atoms in total. The van der Waals surface area contributed by atoms with Gasteiger partial charge in [-0.2, -0.15) is 0 Å². The monoisotopic (exact) mass is 253 g/mol. The molecule has 0 saturated heterocycles. The van der Waals surface area contributed by atoms with Crippen LogP contribution in [0.2, 0.25) is 0 Å². The first-order chi connectivity index (χ1) is 8.60. The molecule has 1 unspecified atom stereocenters. The van der Waals surface area contributed by atoms with Gasteiger partial charge in [-0.1, -0.05) is 26.8 Å². The normalized spacial score (nSPS) is 12.8. The SMILES string of the molecule is CCNC(CCC(C)C)c1c(F)cccc1OC. The van der Waals surface area contributed by atoms with Gasteiger partial charge in [-0.15, -0.1) is 0 Å². The molecule has 18 heavy (non-hydrogen) atoms. The highest BCUT2D eigenvalue weighted by atomic mass is 19.1. The first-order valence-electron chi connectivity index (χ1n) is 6.65. The minimum absolute atomic E-state index is 0.0218. The second-order valence-corrected chi connectivity index (χ2v) is 4.94. The molecule has 1 aromatic carbocycles. The Morgan fingerprint density at radius 2 is 2.00 bits per heavy atom. The Bertz CT molecular complexity index is 366. The Balaban J connectivity index is 2.96. The van der Waals surface area contributed by atoms with Crippen LogP contribution in [-0.2, 0) is 0 Å². The molecular formula is C15H24FNO. The van der Waals surface area contributed by atoms with E-state index in [1.54, 1.807) is 13.2 Å². The van der Waals surface area contributed by atoms with Crippen molar-refractivity contribution < 1.29 is 9.13 Å². The van der Waals surface area contributed by atoms with E-state index in [0.717, 1.165) is 19.4 Å². The number of hydrogen-bond acceptors (Lipinski definition) is 2. The van der Waals surface area contributed by atoms with Gasteiger partial charge in [0.05, 0.1) is 7.11 Å². The van der Waals surface area contributed by atoms with Crippen molar-refractivity contribution >= 4 is 0 Å². The van der Waals surface area contributed by atoms with E-state index in [2.05, 4.69) is 19.2 Å². The summed E-state index contributed by atoms with van der Waals surface area (Å²) in [5, 5.41) is 3.35. The lowest BCUT2D eigenvalue weighted by Crippen LogP contribution is -2.23. The van der Waals surface area contributed by atoms with Crippen LogP contribution in [-0.4, -0.2) is 13.7 Å². The number of methoxy groups -OCH3 is 1. The van der Waals surface area contributed by atoms with Gasteiger partial charge in [-0.25, -0.2) is 4.39 Å². The molecule has 0 aliphatic heterocycles. The Labute approximate surface area is 110 Å². The van der Waals surface area contributed by atoms with Crippen molar-refractivity contribution in [3.05, 3.63) is 29.6 Å². The molecule has 1 rings (SSSR count). The van der Waals surface area contributed by atoms with Crippen molar-refractivity contribution in [2.75, 3.05) is 13.7 Å². The number of benzene rings is 1. The van der Waals surface area contributed by atoms with Crippen LogP contribution in [0.4, 0.5) is 4.39 Å². The molecule has 1 N–H and O–H groups in total. The third kappa shape index (κ3) is 3.98. The summed E-state index contributed by atoms with van der Waals surface area (Å²) >= 11 is 0. The molecular weight excluding hydrogens is 229 g/mol. The average Bonchev–Trinajstić information content (AvgIpc) is 2.34. The molecule has 0 amide bonds. The summed E-state index contributed by atoms with van der Waals surface area (Å²) in [7, 11) is 1.59. The van der Waals surface area contributed by atoms with Crippen LogP contribution >= 0.6 is 0 Å². The van der Waals surface area contributed by atoms with Gasteiger partial charge in [0.25, 0.3) is 0 Å². The Morgan fingerprint density at radius 1 is 1.28 bits per heavy atom. The van der Waals surface area contributed by atoms with Gasteiger partial charge < -0.3 is 10.1 Å². The van der Waals surface area contributed by atoms with Crippen molar-refractivity contribution in [2.45, 2.75) is 39.7 Å². The third-order valence-corrected chi connectivity index (χ3v) is 3.06. The van der Waals surface area contributed by atoms with Crippen molar-refractivity contribution in [1.82, 2.24) is 5.32 Å². The Hall–Kier alpha value is -1.09. The fourth-order valence-corrected chi connectivity index (χ4v) is 2.13. The van der Waals surface area contributed by atoms with Crippen molar-refractivity contribution in [1.29, 1.82) is 0 Å². The molecule has 0 spiro atoms. The highest BCUT2D eigenvalue weighted by molar-refractivity contribution is 5.37. The first-order valence-corrected chi connectivity index (χ1v) is 6.65. The van der Waals surface area contributed by atoms with Crippen LogP contribution < -0.4 is 10.1 Å². The summed E-state index contributed by atoms with van der Waals surface area (Å²) in [6.07, 6.45) is 1.98. The number of ether oxygens (including phenoxy) is 1. The van der Waals surface area contributed by atoms with E-state index >= 15 is 0 Å². The lowest BCUT2D eigenvalue weighted by molar-refractivity contribution is 0.377. The van der Waals surface area contributed by atoms with Crippen LogP contribution in [0.15, 0.2) is 18.2 Å². The number of halogens is 1. The standard InChI is InChI=1S/C15H24FNO/c1-5-17-13(10-9-11(2)3)15-12(16)7-6-8-14(15)18-4/h6-8,11,13,17H,5,9-10H2,1-4H3. The summed E-state index contributed by atoms with van der Waals surface area (Å²) < 4.78 is 19.3. The molecule has 0 aliphatic rings. The quantitative estimate of drug-likeness (QED) is 0.795. The highest BCUT2D eigenvalue weighted by Gasteiger charge is 2.19. The summed E-state index contributed by atoms with van der Waals surface area (Å²) in [6.45, 7) is 7.22. The second kappa shape index (κ2) is 7.37. The van der Waals surface area contributed by atoms with Crippen LogP contribution in [0.5, 0.6) is 5.75 Å². The van der Waals surface area contributed by atoms with Crippen LogP contribution in [0.3, 0.4) is 0 Å². The maximum Gasteiger partial charge on any atom is 0.131 e. The zero-order chi connectivity index (χ0) is 13.5. The van der Waals surface area contributed by atoms with Gasteiger partial charge in [-0.3, -0.25) is 0 Å². The maximum atomic E-state index is 14.0. The molecule has 0 radical (unpaired) electrons. The summed E-state index contributed by atoms with van der Waals surface area (Å²) in [4.78, 5) is 0. The van der Waals surface area contributed by atoms with Crippen LogP contribution in [0.1, 0.15) is 45.2 Å². The molecule has 0 aromatic heterocycles. The minimum Gasteiger partial charge on any atom is -0.496 e. The Kier molecular flexibility index (Phi) is 6.13. The molecule has 0 heterocycles. The molecule has 0 bridgehead atoms. The van der Waals surface area contributed by atoms with Gasteiger partial charge in [0.15, 0.2) is 0 Å². The zero-order valence-corrected chi connectivity index (χ0v) is 11.8. The zero-order valence-electron chi connectivity index (χ0n) is 11.8. The van der Waals surface area contributed by atoms with Gasteiger partial charge in [-0.05, 0) is 37.4 Å². The van der Waals surface area contributed by atoms with Gasteiger partial charge >= 0.3 is 0 Å². The molecule has 1 aromatic rings. The maximum absolute atomic E-state index is 14.0. The molecule has 3 heteroatoms. The summed E-state index contributed by atoms with van der Waals surface area (Å²) in [6, 6.07) is 5.02. The predicted octanol–water partition coefficient (Wildman–Crippen LogP) is 3.92. The van der Waals surface area contributed by atoms with E-state index < -0.39 is 0 Å². The number of rotatable bonds is 7. The third-order valence-electron chi connectivity index (χ3n) is 3.06. The predicted molar refractivity (Wildman–Crippen MR) is 73.4 cm³/mol. The summed E-state index contributed by atoms with van der Waals surface area (Å²) in [5.74, 6) is 1.05. The number of nitrogens with one attached hydrogen (secondary N) is 1. The fourth-order valence-electron chi connectivity index (χ4n) is 2.13. The average molecular weight is 253 g/mol. The largest absolute Gasteiger partial charge is 0.496 e.